The van der Waals surface area contributed by atoms with Gasteiger partial charge in [0.1, 0.15) is 0 Å². The van der Waals surface area contributed by atoms with Crippen LogP contribution in [0.2, 0.25) is 0 Å². The largest absolute Gasteiger partial charge is 0.311 e. The molecular formula is C67H75BN2S2. The number of aryl methyl sites for hydroxylation is 1. The van der Waals surface area contributed by atoms with Gasteiger partial charge in [-0.05, 0) is 216 Å². The molecule has 2 aromatic heterocycles. The molecule has 0 amide bonds. The lowest BCUT2D eigenvalue weighted by Gasteiger charge is -2.47. The zero-order valence-electron chi connectivity index (χ0n) is 46.2. The lowest BCUT2D eigenvalue weighted by atomic mass is 9.33. The number of anilines is 6. The summed E-state index contributed by atoms with van der Waals surface area (Å²) >= 11 is 4.00. The highest BCUT2D eigenvalue weighted by molar-refractivity contribution is 7.27. The maximum absolute atomic E-state index is 2.76. The Labute approximate surface area is 439 Å². The van der Waals surface area contributed by atoms with Crippen LogP contribution in [0.25, 0.3) is 30.3 Å². The molecule has 0 N–H and O–H groups in total. The molecule has 2 aliphatic heterocycles. The Hall–Kier alpha value is -4.84. The van der Waals surface area contributed by atoms with Gasteiger partial charge in [0.25, 0.3) is 6.71 Å². The van der Waals surface area contributed by atoms with Crippen molar-refractivity contribution in [2.45, 2.75) is 187 Å². The first kappa shape index (κ1) is 46.9. The van der Waals surface area contributed by atoms with Crippen molar-refractivity contribution in [3.8, 4) is 0 Å². The van der Waals surface area contributed by atoms with E-state index in [1.54, 1.807) is 11.1 Å². The molecule has 0 atom stereocenters. The summed E-state index contributed by atoms with van der Waals surface area (Å²) in [7, 11) is 0. The van der Waals surface area contributed by atoms with Crippen molar-refractivity contribution in [2.75, 3.05) is 9.80 Å². The molecule has 6 aromatic carbocycles. The van der Waals surface area contributed by atoms with Crippen molar-refractivity contribution in [3.05, 3.63) is 136 Å². The molecule has 72 heavy (non-hydrogen) atoms. The molecule has 0 fully saturated rings. The number of rotatable bonds is 2. The maximum Gasteiger partial charge on any atom is 0.254 e. The van der Waals surface area contributed by atoms with Crippen LogP contribution in [0.1, 0.15) is 187 Å². The van der Waals surface area contributed by atoms with Crippen LogP contribution < -0.4 is 26.2 Å². The van der Waals surface area contributed by atoms with E-state index in [0.717, 1.165) is 0 Å². The van der Waals surface area contributed by atoms with Crippen molar-refractivity contribution in [2.24, 2.45) is 0 Å². The highest BCUT2D eigenvalue weighted by Gasteiger charge is 2.49. The normalized spacial score (nSPS) is 20.5. The van der Waals surface area contributed by atoms with Gasteiger partial charge in [-0.2, -0.15) is 0 Å². The Morgan fingerprint density at radius 3 is 1.62 bits per heavy atom. The standard InChI is InChI=1S/C67H75BN2S2/c1-38-30-52-59-53(31-38)70(50-18-17-19-55-57(50)41-32-39(61(2,3)4)20-23-54(41)71-55)51-36-47-46(65(11,12)27-28-66(47,13)14)35-49(51)68(59)58-42-34-45-48(67(15,16)29-26-64(45,9)10)37-56(42)72-60(58)69(52)40-21-22-43-44(33-40)63(7,8)25-24-62(43,5)6/h17-23,30-37H,24-29H2,1-16H3. The molecular weight excluding hydrogens is 908 g/mol. The van der Waals surface area contributed by atoms with Crippen molar-refractivity contribution in [1.29, 1.82) is 0 Å². The minimum Gasteiger partial charge on any atom is -0.311 e. The molecule has 8 aromatic rings. The number of fused-ring (bicyclic) bond motifs is 12. The molecule has 368 valence electrons. The van der Waals surface area contributed by atoms with Gasteiger partial charge in [-0.25, -0.2) is 0 Å². The van der Waals surface area contributed by atoms with Crippen molar-refractivity contribution in [3.63, 3.8) is 0 Å². The van der Waals surface area contributed by atoms with Crippen LogP contribution in [-0.4, -0.2) is 6.71 Å². The van der Waals surface area contributed by atoms with Crippen LogP contribution in [0.15, 0.2) is 91.0 Å². The first-order valence-electron chi connectivity index (χ1n) is 27.3. The SMILES string of the molecule is Cc1cc2c3c(c1)N(c1cccc4sc5ccc(C(C)(C)C)cc5c14)c1cc4c(cc1B3c1c(sc3cc5c(cc13)C(C)(C)CCC5(C)C)N2c1ccc2c(c1)C(C)(C)CCC2(C)C)C(C)(C)CCC4(C)C. The number of thiophene rings is 2. The second kappa shape index (κ2) is 14.7. The fraction of sp³-hybridized carbons (Fsp3) is 0.433. The lowest BCUT2D eigenvalue weighted by molar-refractivity contribution is 0.332. The summed E-state index contributed by atoms with van der Waals surface area (Å²) in [5.41, 5.74) is 23.3. The van der Waals surface area contributed by atoms with E-state index in [1.807, 2.05) is 11.3 Å². The van der Waals surface area contributed by atoms with Crippen molar-refractivity contribution >= 4 is 109 Å². The Kier molecular flexibility index (Phi) is 9.59. The van der Waals surface area contributed by atoms with E-state index in [-0.39, 0.29) is 44.6 Å². The topological polar surface area (TPSA) is 6.48 Å². The van der Waals surface area contributed by atoms with E-state index in [4.69, 9.17) is 0 Å². The average Bonchev–Trinajstić information content (AvgIpc) is 3.88. The fourth-order valence-corrected chi connectivity index (χ4v) is 16.9. The van der Waals surface area contributed by atoms with Crippen LogP contribution in [0.4, 0.5) is 33.4 Å². The van der Waals surface area contributed by atoms with Crippen molar-refractivity contribution < 1.29 is 0 Å². The van der Waals surface area contributed by atoms with Gasteiger partial charge in [0.2, 0.25) is 0 Å². The Balaban J connectivity index is 1.19. The Morgan fingerprint density at radius 2 is 1.00 bits per heavy atom. The predicted octanol–water partition coefficient (Wildman–Crippen LogP) is 18.0. The van der Waals surface area contributed by atoms with E-state index in [0.29, 0.717) is 0 Å². The van der Waals surface area contributed by atoms with Gasteiger partial charge in [-0.3, -0.25) is 0 Å². The van der Waals surface area contributed by atoms with Crippen molar-refractivity contribution in [1.82, 2.24) is 0 Å². The molecule has 0 spiro atoms. The molecule has 0 unspecified atom stereocenters. The average molecular weight is 983 g/mol. The van der Waals surface area contributed by atoms with Crippen LogP contribution in [0.3, 0.4) is 0 Å². The quantitative estimate of drug-likeness (QED) is 0.159. The number of benzene rings is 6. The van der Waals surface area contributed by atoms with Crippen LogP contribution in [0.5, 0.6) is 0 Å². The Morgan fingerprint density at radius 1 is 0.444 bits per heavy atom. The van der Waals surface area contributed by atoms with Gasteiger partial charge >= 0.3 is 0 Å². The highest BCUT2D eigenvalue weighted by Crippen LogP contribution is 2.56. The smallest absolute Gasteiger partial charge is 0.254 e. The minimum absolute atomic E-state index is 0.0335. The molecule has 4 heterocycles. The molecule has 3 aliphatic carbocycles. The number of hydrogen-bond acceptors (Lipinski definition) is 4. The maximum atomic E-state index is 2.76. The van der Waals surface area contributed by atoms with Gasteiger partial charge in [-0.15, -0.1) is 22.7 Å². The van der Waals surface area contributed by atoms with Gasteiger partial charge in [0.05, 0.1) is 10.7 Å². The number of hydrogen-bond donors (Lipinski definition) is 0. The third kappa shape index (κ3) is 6.56. The summed E-state index contributed by atoms with van der Waals surface area (Å²) in [5, 5.41) is 5.57. The van der Waals surface area contributed by atoms with Crippen LogP contribution >= 0.6 is 22.7 Å². The second-order valence-corrected chi connectivity index (χ2v) is 30.4. The molecule has 0 radical (unpaired) electrons. The molecule has 0 saturated carbocycles. The van der Waals surface area contributed by atoms with E-state index in [2.05, 4.69) is 223 Å². The van der Waals surface area contributed by atoms with Crippen LogP contribution in [-0.2, 0) is 37.9 Å². The molecule has 2 nitrogen and oxygen atoms in total. The molecule has 5 heteroatoms. The molecule has 13 rings (SSSR count). The van der Waals surface area contributed by atoms with E-state index < -0.39 is 0 Å². The first-order chi connectivity index (χ1) is 33.7. The predicted molar refractivity (Wildman–Crippen MR) is 318 cm³/mol. The summed E-state index contributed by atoms with van der Waals surface area (Å²) in [6, 6.07) is 38.0. The van der Waals surface area contributed by atoms with E-state index >= 15 is 0 Å². The van der Waals surface area contributed by atoms with Gasteiger partial charge < -0.3 is 9.80 Å². The fourth-order valence-electron chi connectivity index (χ4n) is 14.5. The summed E-state index contributed by atoms with van der Waals surface area (Å²) in [6.07, 6.45) is 7.15. The number of nitrogens with zero attached hydrogens (tertiary/aromatic N) is 2. The van der Waals surface area contributed by atoms with Gasteiger partial charge in [0.15, 0.2) is 0 Å². The van der Waals surface area contributed by atoms with Gasteiger partial charge in [0, 0.05) is 47.6 Å². The lowest BCUT2D eigenvalue weighted by Crippen LogP contribution is -2.61. The van der Waals surface area contributed by atoms with E-state index in [1.165, 1.54) is 152 Å². The molecule has 5 aliphatic rings. The van der Waals surface area contributed by atoms with Gasteiger partial charge in [-0.1, -0.05) is 128 Å². The Bertz CT molecular complexity index is 3670. The third-order valence-corrected chi connectivity index (χ3v) is 21.7. The molecule has 0 saturated heterocycles. The first-order valence-corrected chi connectivity index (χ1v) is 29.0. The zero-order valence-corrected chi connectivity index (χ0v) is 47.8. The zero-order chi connectivity index (χ0) is 50.8. The highest BCUT2D eigenvalue weighted by atomic mass is 32.1. The summed E-state index contributed by atoms with van der Waals surface area (Å²) in [6.45, 7) is 39.4. The van der Waals surface area contributed by atoms with E-state index in [9.17, 15) is 0 Å². The second-order valence-electron chi connectivity index (χ2n) is 28.2. The van der Waals surface area contributed by atoms with Crippen LogP contribution in [0, 0.1) is 6.92 Å². The monoisotopic (exact) mass is 983 g/mol. The summed E-state index contributed by atoms with van der Waals surface area (Å²) < 4.78 is 4.13. The third-order valence-electron chi connectivity index (χ3n) is 19.4. The summed E-state index contributed by atoms with van der Waals surface area (Å²) in [5.74, 6) is 0. The summed E-state index contributed by atoms with van der Waals surface area (Å²) in [4.78, 5) is 5.51. The molecule has 0 bridgehead atoms. The minimum atomic E-state index is 0.0335.